The zero-order valence-electron chi connectivity index (χ0n) is 11.8. The van der Waals surface area contributed by atoms with Crippen LogP contribution in [0.1, 0.15) is 25.7 Å². The second-order valence-corrected chi connectivity index (χ2v) is 5.53. The minimum atomic E-state index is 0.239. The van der Waals surface area contributed by atoms with Crippen LogP contribution < -0.4 is 15.2 Å². The molecule has 112 valence electrons. The van der Waals surface area contributed by atoms with Gasteiger partial charge in [-0.05, 0) is 31.7 Å². The number of anilines is 1. The molecule has 0 spiro atoms. The van der Waals surface area contributed by atoms with E-state index in [1.165, 1.54) is 12.8 Å². The fraction of sp³-hybridized carbons (Fsp3) is 0.400. The molecule has 0 bridgehead atoms. The molecule has 0 saturated heterocycles. The standard InChI is InChI=1S/C15H17ClN2O3/c1-19-13-6-10(12-8-15(17)21-18-12)11(16)7-14(13)20-9-4-2-3-5-9/h6-9H,2-5,17H2,1H3. The molecule has 1 aliphatic carbocycles. The van der Waals surface area contributed by atoms with Crippen LogP contribution in [-0.2, 0) is 0 Å². The van der Waals surface area contributed by atoms with Gasteiger partial charge in [0.25, 0.3) is 0 Å². The first-order valence-electron chi connectivity index (χ1n) is 6.94. The summed E-state index contributed by atoms with van der Waals surface area (Å²) in [6, 6.07) is 5.18. The summed E-state index contributed by atoms with van der Waals surface area (Å²) in [5, 5.41) is 4.40. The van der Waals surface area contributed by atoms with Crippen LogP contribution in [0.4, 0.5) is 5.88 Å². The number of nitrogen functional groups attached to an aromatic ring is 1. The average molecular weight is 309 g/mol. The Labute approximate surface area is 128 Å². The molecule has 0 radical (unpaired) electrons. The van der Waals surface area contributed by atoms with Crippen LogP contribution in [0.2, 0.25) is 5.02 Å². The van der Waals surface area contributed by atoms with E-state index in [0.29, 0.717) is 27.8 Å². The maximum atomic E-state index is 6.33. The van der Waals surface area contributed by atoms with Crippen LogP contribution >= 0.6 is 11.6 Å². The highest BCUT2D eigenvalue weighted by Crippen LogP contribution is 2.40. The van der Waals surface area contributed by atoms with Gasteiger partial charge in [0.05, 0.1) is 18.2 Å². The number of aromatic nitrogens is 1. The van der Waals surface area contributed by atoms with Gasteiger partial charge in [0.2, 0.25) is 5.88 Å². The molecule has 1 aromatic heterocycles. The lowest BCUT2D eigenvalue weighted by atomic mass is 10.1. The molecule has 3 rings (SSSR count). The summed E-state index contributed by atoms with van der Waals surface area (Å²) in [5.74, 6) is 1.53. The first kappa shape index (κ1) is 14.1. The molecule has 2 aromatic rings. The van der Waals surface area contributed by atoms with Crippen molar-refractivity contribution in [2.75, 3.05) is 12.8 Å². The fourth-order valence-corrected chi connectivity index (χ4v) is 2.84. The maximum absolute atomic E-state index is 6.33. The van der Waals surface area contributed by atoms with Crippen LogP contribution in [0.15, 0.2) is 22.7 Å². The lowest BCUT2D eigenvalue weighted by molar-refractivity contribution is 0.201. The lowest BCUT2D eigenvalue weighted by Gasteiger charge is -2.17. The summed E-state index contributed by atoms with van der Waals surface area (Å²) in [6.45, 7) is 0. The second kappa shape index (κ2) is 5.85. The summed E-state index contributed by atoms with van der Waals surface area (Å²) >= 11 is 6.33. The Morgan fingerprint density at radius 3 is 2.62 bits per heavy atom. The van der Waals surface area contributed by atoms with Gasteiger partial charge in [-0.25, -0.2) is 0 Å². The summed E-state index contributed by atoms with van der Waals surface area (Å²) in [7, 11) is 1.60. The molecule has 1 fully saturated rings. The van der Waals surface area contributed by atoms with Crippen LogP contribution in [0, 0.1) is 0 Å². The Hall–Kier alpha value is -1.88. The molecular weight excluding hydrogens is 292 g/mol. The third kappa shape index (κ3) is 2.93. The monoisotopic (exact) mass is 308 g/mol. The molecule has 1 aliphatic rings. The van der Waals surface area contributed by atoms with Crippen molar-refractivity contribution in [1.29, 1.82) is 0 Å². The van der Waals surface area contributed by atoms with Gasteiger partial charge in [0, 0.05) is 17.7 Å². The van der Waals surface area contributed by atoms with E-state index < -0.39 is 0 Å². The predicted molar refractivity (Wildman–Crippen MR) is 80.8 cm³/mol. The molecule has 5 nitrogen and oxygen atoms in total. The minimum Gasteiger partial charge on any atom is -0.493 e. The summed E-state index contributed by atoms with van der Waals surface area (Å²) in [5.41, 5.74) is 6.82. The van der Waals surface area contributed by atoms with Crippen molar-refractivity contribution in [2.24, 2.45) is 0 Å². The third-order valence-corrected chi connectivity index (χ3v) is 3.97. The molecule has 1 aromatic carbocycles. The Balaban J connectivity index is 1.93. The molecule has 0 amide bonds. The number of halogens is 1. The number of ether oxygens (including phenoxy) is 2. The smallest absolute Gasteiger partial charge is 0.222 e. The van der Waals surface area contributed by atoms with Crippen molar-refractivity contribution >= 4 is 17.5 Å². The lowest BCUT2D eigenvalue weighted by Crippen LogP contribution is -2.11. The number of hydrogen-bond acceptors (Lipinski definition) is 5. The van der Waals surface area contributed by atoms with Gasteiger partial charge < -0.3 is 19.7 Å². The normalized spacial score (nSPS) is 15.3. The van der Waals surface area contributed by atoms with Crippen molar-refractivity contribution in [3.05, 3.63) is 23.2 Å². The van der Waals surface area contributed by atoms with Gasteiger partial charge in [-0.3, -0.25) is 0 Å². The maximum Gasteiger partial charge on any atom is 0.222 e. The van der Waals surface area contributed by atoms with E-state index in [1.807, 2.05) is 0 Å². The summed E-state index contributed by atoms with van der Waals surface area (Å²) < 4.78 is 16.3. The van der Waals surface area contributed by atoms with E-state index in [9.17, 15) is 0 Å². The topological polar surface area (TPSA) is 70.5 Å². The molecule has 1 saturated carbocycles. The molecule has 0 unspecified atom stereocenters. The molecule has 6 heteroatoms. The van der Waals surface area contributed by atoms with Gasteiger partial charge in [0.1, 0.15) is 5.69 Å². The zero-order chi connectivity index (χ0) is 14.8. The van der Waals surface area contributed by atoms with Crippen molar-refractivity contribution in [3.8, 4) is 22.8 Å². The number of rotatable bonds is 4. The number of methoxy groups -OCH3 is 1. The van der Waals surface area contributed by atoms with Crippen molar-refractivity contribution in [2.45, 2.75) is 31.8 Å². The van der Waals surface area contributed by atoms with Crippen LogP contribution in [0.25, 0.3) is 11.3 Å². The third-order valence-electron chi connectivity index (χ3n) is 3.65. The first-order chi connectivity index (χ1) is 10.2. The Kier molecular flexibility index (Phi) is 3.92. The minimum absolute atomic E-state index is 0.239. The number of nitrogens with zero attached hydrogens (tertiary/aromatic N) is 1. The average Bonchev–Trinajstić information content (AvgIpc) is 3.11. The van der Waals surface area contributed by atoms with Crippen LogP contribution in [0.3, 0.4) is 0 Å². The Morgan fingerprint density at radius 1 is 1.24 bits per heavy atom. The molecule has 2 N–H and O–H groups in total. The van der Waals surface area contributed by atoms with E-state index in [2.05, 4.69) is 5.16 Å². The van der Waals surface area contributed by atoms with E-state index in [-0.39, 0.29) is 12.0 Å². The molecular formula is C15H17ClN2O3. The number of hydrogen-bond donors (Lipinski definition) is 1. The summed E-state index contributed by atoms with van der Waals surface area (Å²) in [6.07, 6.45) is 4.79. The fourth-order valence-electron chi connectivity index (χ4n) is 2.59. The highest BCUT2D eigenvalue weighted by molar-refractivity contribution is 6.33. The number of nitrogens with two attached hydrogens (primary N) is 1. The van der Waals surface area contributed by atoms with E-state index >= 15 is 0 Å². The van der Waals surface area contributed by atoms with Gasteiger partial charge >= 0.3 is 0 Å². The van der Waals surface area contributed by atoms with Gasteiger partial charge in [-0.15, -0.1) is 0 Å². The van der Waals surface area contributed by atoms with Gasteiger partial charge in [0.15, 0.2) is 11.5 Å². The quantitative estimate of drug-likeness (QED) is 0.927. The molecule has 0 aliphatic heterocycles. The molecule has 1 heterocycles. The highest BCUT2D eigenvalue weighted by atomic mass is 35.5. The predicted octanol–water partition coefficient (Wildman–Crippen LogP) is 3.91. The zero-order valence-corrected chi connectivity index (χ0v) is 12.5. The first-order valence-corrected chi connectivity index (χ1v) is 7.32. The van der Waals surface area contributed by atoms with Crippen LogP contribution in [0.5, 0.6) is 11.5 Å². The SMILES string of the molecule is COc1cc(-c2cc(N)on2)c(Cl)cc1OC1CCCC1. The van der Waals surface area contributed by atoms with E-state index in [0.717, 1.165) is 12.8 Å². The number of benzene rings is 1. The summed E-state index contributed by atoms with van der Waals surface area (Å²) in [4.78, 5) is 0. The van der Waals surface area contributed by atoms with Gasteiger partial charge in [-0.1, -0.05) is 16.8 Å². The van der Waals surface area contributed by atoms with Crippen LogP contribution in [-0.4, -0.2) is 18.4 Å². The molecule has 0 atom stereocenters. The molecule has 21 heavy (non-hydrogen) atoms. The van der Waals surface area contributed by atoms with E-state index in [4.69, 9.17) is 31.3 Å². The van der Waals surface area contributed by atoms with E-state index in [1.54, 1.807) is 25.3 Å². The highest BCUT2D eigenvalue weighted by Gasteiger charge is 2.20. The largest absolute Gasteiger partial charge is 0.493 e. The second-order valence-electron chi connectivity index (χ2n) is 5.12. The van der Waals surface area contributed by atoms with Crippen molar-refractivity contribution < 1.29 is 14.0 Å². The van der Waals surface area contributed by atoms with Crippen molar-refractivity contribution in [1.82, 2.24) is 5.16 Å². The van der Waals surface area contributed by atoms with Gasteiger partial charge in [-0.2, -0.15) is 0 Å². The Morgan fingerprint density at radius 2 is 2.00 bits per heavy atom. The van der Waals surface area contributed by atoms with Crippen molar-refractivity contribution in [3.63, 3.8) is 0 Å². The Bertz CT molecular complexity index is 636.